The Labute approximate surface area is 211 Å². The van der Waals surface area contributed by atoms with Crippen LogP contribution >= 0.6 is 0 Å². The molecule has 0 bridgehead atoms. The van der Waals surface area contributed by atoms with Gasteiger partial charge in [-0.2, -0.15) is 0 Å². The summed E-state index contributed by atoms with van der Waals surface area (Å²) in [4.78, 5) is 0. The third-order valence-corrected chi connectivity index (χ3v) is 14.8. The Morgan fingerprint density at radius 2 is 1.68 bits per heavy atom. The fourth-order valence-electron chi connectivity index (χ4n) is 7.88. The molecule has 0 saturated heterocycles. The van der Waals surface area contributed by atoms with Crippen molar-refractivity contribution >= 4 is 8.32 Å². The molecule has 198 valence electrons. The number of hydrogen-bond acceptors (Lipinski definition) is 4. The highest BCUT2D eigenvalue weighted by Gasteiger charge is 2.64. The first kappa shape index (κ1) is 28.4. The Kier molecular flexibility index (Phi) is 8.89. The third-order valence-electron chi connectivity index (χ3n) is 10.3. The molecule has 0 amide bonds. The van der Waals surface area contributed by atoms with Crippen LogP contribution in [0.2, 0.25) is 18.1 Å². The molecule has 0 aliphatic heterocycles. The van der Waals surface area contributed by atoms with Crippen LogP contribution in [-0.2, 0) is 13.9 Å². The molecule has 3 rings (SSSR count). The lowest BCUT2D eigenvalue weighted by atomic mass is 9.63. The second kappa shape index (κ2) is 10.7. The van der Waals surface area contributed by atoms with Gasteiger partial charge in [-0.25, -0.2) is 0 Å². The summed E-state index contributed by atoms with van der Waals surface area (Å²) in [6.07, 6.45) is 6.78. The van der Waals surface area contributed by atoms with Gasteiger partial charge in [-0.05, 0) is 93.2 Å². The van der Waals surface area contributed by atoms with Gasteiger partial charge in [0, 0.05) is 25.2 Å². The molecule has 0 unspecified atom stereocenters. The fraction of sp³-hybridized carbons (Fsp3) is 0.931. The SMILES string of the molecule is C=CC[C@@]1(O)[C@H](C(OCC)OCC)C[C@@H]2[C@H]3C[C@@H](C)[C@@H](CC)[C@@H]3[C@H](O[Si](C)(C)C(C)(C)C)C[C@@H]21. The number of ether oxygens (including phenoxy) is 2. The Morgan fingerprint density at radius 1 is 1.06 bits per heavy atom. The Hall–Kier alpha value is -0.203. The molecule has 0 aromatic carbocycles. The molecule has 0 spiro atoms. The third kappa shape index (κ3) is 4.98. The van der Waals surface area contributed by atoms with Crippen molar-refractivity contribution in [2.45, 2.75) is 117 Å². The Balaban J connectivity index is 2.02. The highest BCUT2D eigenvalue weighted by molar-refractivity contribution is 6.74. The smallest absolute Gasteiger partial charge is 0.192 e. The molecule has 3 fully saturated rings. The second-order valence-electron chi connectivity index (χ2n) is 13.1. The van der Waals surface area contributed by atoms with Gasteiger partial charge in [0.15, 0.2) is 14.6 Å². The average Bonchev–Trinajstić information content (AvgIpc) is 3.21. The molecule has 0 heterocycles. The van der Waals surface area contributed by atoms with Crippen molar-refractivity contribution in [2.75, 3.05) is 13.2 Å². The predicted molar refractivity (Wildman–Crippen MR) is 143 cm³/mol. The highest BCUT2D eigenvalue weighted by atomic mass is 28.4. The quantitative estimate of drug-likeness (QED) is 0.201. The minimum absolute atomic E-state index is 0.0244. The lowest BCUT2D eigenvalue weighted by Crippen LogP contribution is -2.54. The van der Waals surface area contributed by atoms with Gasteiger partial charge in [0.1, 0.15) is 0 Å². The molecule has 0 aromatic rings. The molecule has 34 heavy (non-hydrogen) atoms. The zero-order valence-corrected chi connectivity index (χ0v) is 24.6. The summed E-state index contributed by atoms with van der Waals surface area (Å²) in [5.41, 5.74) is -0.852. The minimum atomic E-state index is -1.94. The first-order valence-electron chi connectivity index (χ1n) is 14.1. The van der Waals surface area contributed by atoms with E-state index in [1.807, 2.05) is 19.9 Å². The molecule has 3 aliphatic carbocycles. The summed E-state index contributed by atoms with van der Waals surface area (Å²) in [5.74, 6) is 3.31. The van der Waals surface area contributed by atoms with Gasteiger partial charge >= 0.3 is 0 Å². The molecule has 9 atom stereocenters. The summed E-state index contributed by atoms with van der Waals surface area (Å²) >= 11 is 0. The van der Waals surface area contributed by atoms with Gasteiger partial charge in [0.05, 0.1) is 5.60 Å². The van der Waals surface area contributed by atoms with Crippen LogP contribution in [0.5, 0.6) is 0 Å². The largest absolute Gasteiger partial charge is 0.414 e. The standard InChI is InChI=1S/C29H54O4Si/c1-11-15-29(30)23-18-25(33-34(9,10)28(6,7)8)26-20(12-2)19(5)16-22(26)21(23)17-24(29)27(31-13-3)32-14-4/h11,19-27,30H,1,12-18H2,2-10H3/t19-,20-,21-,22-,23+,24+,25-,26+,29+/m1/s1. The van der Waals surface area contributed by atoms with Crippen LogP contribution < -0.4 is 0 Å². The topological polar surface area (TPSA) is 47.9 Å². The average molecular weight is 495 g/mol. The molecule has 0 radical (unpaired) electrons. The number of aliphatic hydroxyl groups is 1. The van der Waals surface area contributed by atoms with Crippen LogP contribution in [0.3, 0.4) is 0 Å². The van der Waals surface area contributed by atoms with Crippen LogP contribution in [0.25, 0.3) is 0 Å². The Bertz CT molecular complexity index is 682. The van der Waals surface area contributed by atoms with E-state index in [0.29, 0.717) is 49.2 Å². The molecule has 1 N–H and O–H groups in total. The van der Waals surface area contributed by atoms with Crippen molar-refractivity contribution in [3.05, 3.63) is 12.7 Å². The van der Waals surface area contributed by atoms with Crippen molar-refractivity contribution < 1.29 is 19.0 Å². The van der Waals surface area contributed by atoms with E-state index in [4.69, 9.17) is 13.9 Å². The van der Waals surface area contributed by atoms with E-state index in [1.165, 1.54) is 12.8 Å². The molecule has 5 heteroatoms. The van der Waals surface area contributed by atoms with Gasteiger partial charge < -0.3 is 19.0 Å². The van der Waals surface area contributed by atoms with Crippen LogP contribution in [0.15, 0.2) is 12.7 Å². The van der Waals surface area contributed by atoms with Crippen LogP contribution in [-0.4, -0.2) is 44.6 Å². The zero-order valence-electron chi connectivity index (χ0n) is 23.6. The van der Waals surface area contributed by atoms with E-state index in [2.05, 4.69) is 54.3 Å². The lowest BCUT2D eigenvalue weighted by Gasteiger charge is -2.50. The number of fused-ring (bicyclic) bond motifs is 3. The highest BCUT2D eigenvalue weighted by Crippen LogP contribution is 2.64. The van der Waals surface area contributed by atoms with E-state index < -0.39 is 13.9 Å². The molecule has 3 saturated carbocycles. The van der Waals surface area contributed by atoms with Crippen molar-refractivity contribution in [3.63, 3.8) is 0 Å². The van der Waals surface area contributed by atoms with E-state index in [1.54, 1.807) is 0 Å². The maximum atomic E-state index is 12.4. The van der Waals surface area contributed by atoms with Crippen molar-refractivity contribution in [2.24, 2.45) is 41.4 Å². The molecule has 0 aromatic heterocycles. The van der Waals surface area contributed by atoms with Gasteiger partial charge in [0.2, 0.25) is 0 Å². The first-order chi connectivity index (χ1) is 15.9. The normalized spacial score (nSPS) is 40.4. The van der Waals surface area contributed by atoms with Crippen LogP contribution in [0, 0.1) is 41.4 Å². The monoisotopic (exact) mass is 494 g/mol. The van der Waals surface area contributed by atoms with Crippen molar-refractivity contribution in [1.82, 2.24) is 0 Å². The molecular weight excluding hydrogens is 440 g/mol. The van der Waals surface area contributed by atoms with E-state index in [-0.39, 0.29) is 29.3 Å². The summed E-state index contributed by atoms with van der Waals surface area (Å²) in [6.45, 7) is 25.9. The van der Waals surface area contributed by atoms with E-state index >= 15 is 0 Å². The molecule has 4 nitrogen and oxygen atoms in total. The predicted octanol–water partition coefficient (Wildman–Crippen LogP) is 7.04. The Morgan fingerprint density at radius 3 is 2.18 bits per heavy atom. The van der Waals surface area contributed by atoms with Gasteiger partial charge in [0.25, 0.3) is 0 Å². The molecular formula is C29H54O4Si. The van der Waals surface area contributed by atoms with Crippen LogP contribution in [0.4, 0.5) is 0 Å². The summed E-state index contributed by atoms with van der Waals surface area (Å²) in [5, 5.41) is 12.6. The van der Waals surface area contributed by atoms with Gasteiger partial charge in [-0.1, -0.05) is 47.1 Å². The summed E-state index contributed by atoms with van der Waals surface area (Å²) in [6, 6.07) is 0. The lowest BCUT2D eigenvalue weighted by molar-refractivity contribution is -0.208. The minimum Gasteiger partial charge on any atom is -0.414 e. The van der Waals surface area contributed by atoms with Crippen molar-refractivity contribution in [1.29, 1.82) is 0 Å². The maximum absolute atomic E-state index is 12.4. The number of hydrogen-bond donors (Lipinski definition) is 1. The van der Waals surface area contributed by atoms with E-state index in [0.717, 1.165) is 12.8 Å². The molecule has 3 aliphatic rings. The van der Waals surface area contributed by atoms with E-state index in [9.17, 15) is 5.11 Å². The first-order valence-corrected chi connectivity index (χ1v) is 17.0. The fourth-order valence-corrected chi connectivity index (χ4v) is 9.25. The summed E-state index contributed by atoms with van der Waals surface area (Å²) in [7, 11) is -1.94. The zero-order chi connectivity index (χ0) is 25.5. The van der Waals surface area contributed by atoms with Crippen LogP contribution in [0.1, 0.15) is 80.6 Å². The summed E-state index contributed by atoms with van der Waals surface area (Å²) < 4.78 is 19.4. The number of rotatable bonds is 10. The maximum Gasteiger partial charge on any atom is 0.192 e. The second-order valence-corrected chi connectivity index (χ2v) is 17.8. The van der Waals surface area contributed by atoms with Crippen molar-refractivity contribution in [3.8, 4) is 0 Å². The van der Waals surface area contributed by atoms with Gasteiger partial charge in [-0.15, -0.1) is 6.58 Å². The van der Waals surface area contributed by atoms with Gasteiger partial charge in [-0.3, -0.25) is 0 Å².